The average molecular weight is 470 g/mol. The van der Waals surface area contributed by atoms with Gasteiger partial charge in [0.15, 0.2) is 0 Å². The SMILES string of the molecule is CCCc1cnc(N2CCC(Oc3cc[nH]c(=O)c3-c3ccc(S(N)(=O)=O)cc3)CC2)nc1. The molecule has 1 aromatic carbocycles. The summed E-state index contributed by atoms with van der Waals surface area (Å²) in [6.07, 6.45) is 8.81. The highest BCUT2D eigenvalue weighted by atomic mass is 32.2. The summed E-state index contributed by atoms with van der Waals surface area (Å²) in [4.78, 5) is 26.3. The highest BCUT2D eigenvalue weighted by Gasteiger charge is 2.24. The van der Waals surface area contributed by atoms with Gasteiger partial charge in [-0.25, -0.2) is 23.5 Å². The largest absolute Gasteiger partial charge is 0.489 e. The first-order valence-electron chi connectivity index (χ1n) is 10.9. The fourth-order valence-electron chi connectivity index (χ4n) is 3.93. The molecule has 9 nitrogen and oxygen atoms in total. The number of aromatic nitrogens is 3. The molecule has 3 heterocycles. The standard InChI is InChI=1S/C23H27N5O4S/c1-2-3-16-14-26-23(27-15-16)28-12-9-18(10-13-28)32-20-8-11-25-22(29)21(20)17-4-6-19(7-5-17)33(24,30)31/h4-8,11,14-15,18H,2-3,9-10,12-13H2,1H3,(H,25,29)(H2,24,30,31). The van der Waals surface area contributed by atoms with Gasteiger partial charge < -0.3 is 14.6 Å². The van der Waals surface area contributed by atoms with Crippen molar-refractivity contribution in [1.82, 2.24) is 15.0 Å². The summed E-state index contributed by atoms with van der Waals surface area (Å²) in [7, 11) is -3.81. The van der Waals surface area contributed by atoms with Crippen molar-refractivity contribution in [2.75, 3.05) is 18.0 Å². The smallest absolute Gasteiger partial charge is 0.259 e. The van der Waals surface area contributed by atoms with E-state index in [2.05, 4.69) is 26.8 Å². The molecular formula is C23H27N5O4S. The van der Waals surface area contributed by atoms with Crippen LogP contribution in [-0.2, 0) is 16.4 Å². The lowest BCUT2D eigenvalue weighted by Gasteiger charge is -2.32. The Morgan fingerprint density at radius 3 is 2.39 bits per heavy atom. The molecular weight excluding hydrogens is 442 g/mol. The maximum absolute atomic E-state index is 12.6. The van der Waals surface area contributed by atoms with Gasteiger partial charge >= 0.3 is 0 Å². The lowest BCUT2D eigenvalue weighted by molar-refractivity contribution is 0.171. The van der Waals surface area contributed by atoms with Gasteiger partial charge in [0, 0.05) is 44.5 Å². The first kappa shape index (κ1) is 22.9. The highest BCUT2D eigenvalue weighted by molar-refractivity contribution is 7.89. The summed E-state index contributed by atoms with van der Waals surface area (Å²) in [6, 6.07) is 7.58. The van der Waals surface area contributed by atoms with Crippen LogP contribution < -0.4 is 20.3 Å². The normalized spacial score (nSPS) is 14.9. The second-order valence-electron chi connectivity index (χ2n) is 8.06. The zero-order valence-electron chi connectivity index (χ0n) is 18.4. The van der Waals surface area contributed by atoms with Crippen molar-refractivity contribution in [2.45, 2.75) is 43.6 Å². The molecule has 1 saturated heterocycles. The predicted molar refractivity (Wildman–Crippen MR) is 126 cm³/mol. The number of hydrogen-bond donors (Lipinski definition) is 2. The number of benzene rings is 1. The van der Waals surface area contributed by atoms with Crippen LogP contribution in [0.5, 0.6) is 5.75 Å². The van der Waals surface area contributed by atoms with Crippen LogP contribution in [-0.4, -0.2) is 42.6 Å². The molecule has 10 heteroatoms. The number of aromatic amines is 1. The van der Waals surface area contributed by atoms with Crippen LogP contribution in [0.2, 0.25) is 0 Å². The Balaban J connectivity index is 1.46. The van der Waals surface area contributed by atoms with Gasteiger partial charge in [0.05, 0.1) is 10.5 Å². The Kier molecular flexibility index (Phi) is 6.75. The van der Waals surface area contributed by atoms with E-state index in [9.17, 15) is 13.2 Å². The van der Waals surface area contributed by atoms with Crippen molar-refractivity contribution in [3.8, 4) is 16.9 Å². The Bertz CT molecular complexity index is 1250. The molecule has 0 radical (unpaired) electrons. The minimum Gasteiger partial charge on any atom is -0.489 e. The van der Waals surface area contributed by atoms with E-state index in [1.54, 1.807) is 24.4 Å². The summed E-state index contributed by atoms with van der Waals surface area (Å²) in [6.45, 7) is 3.63. The molecule has 0 unspecified atom stereocenters. The maximum atomic E-state index is 12.6. The van der Waals surface area contributed by atoms with E-state index in [1.165, 1.54) is 12.1 Å². The number of pyridine rings is 1. The Morgan fingerprint density at radius 1 is 1.12 bits per heavy atom. The number of aryl methyl sites for hydroxylation is 1. The van der Waals surface area contributed by atoms with Crippen molar-refractivity contribution in [3.63, 3.8) is 0 Å². The van der Waals surface area contributed by atoms with E-state index in [-0.39, 0.29) is 16.6 Å². The summed E-state index contributed by atoms with van der Waals surface area (Å²) in [5.41, 5.74) is 1.74. The molecule has 3 aromatic rings. The Morgan fingerprint density at radius 2 is 1.79 bits per heavy atom. The summed E-state index contributed by atoms with van der Waals surface area (Å²) in [5, 5.41) is 5.17. The number of H-pyrrole nitrogens is 1. The average Bonchev–Trinajstić information content (AvgIpc) is 2.80. The van der Waals surface area contributed by atoms with Gasteiger partial charge in [-0.05, 0) is 35.7 Å². The van der Waals surface area contributed by atoms with Crippen molar-refractivity contribution < 1.29 is 13.2 Å². The molecule has 0 spiro atoms. The number of nitrogens with zero attached hydrogens (tertiary/aromatic N) is 3. The maximum Gasteiger partial charge on any atom is 0.259 e. The molecule has 2 aromatic heterocycles. The fraction of sp³-hybridized carbons (Fsp3) is 0.348. The number of primary sulfonamides is 1. The number of rotatable bonds is 7. The molecule has 0 atom stereocenters. The first-order chi connectivity index (χ1) is 15.8. The van der Waals surface area contributed by atoms with E-state index < -0.39 is 10.0 Å². The minimum atomic E-state index is -3.81. The van der Waals surface area contributed by atoms with E-state index in [0.717, 1.165) is 50.3 Å². The third-order valence-electron chi connectivity index (χ3n) is 5.64. The van der Waals surface area contributed by atoms with Crippen LogP contribution in [0.25, 0.3) is 11.1 Å². The molecule has 0 amide bonds. The van der Waals surface area contributed by atoms with Gasteiger partial charge in [-0.1, -0.05) is 25.5 Å². The lowest BCUT2D eigenvalue weighted by atomic mass is 10.1. The van der Waals surface area contributed by atoms with Crippen LogP contribution in [0.3, 0.4) is 0 Å². The van der Waals surface area contributed by atoms with E-state index in [4.69, 9.17) is 9.88 Å². The third kappa shape index (κ3) is 5.40. The number of anilines is 1. The van der Waals surface area contributed by atoms with Crippen molar-refractivity contribution in [2.24, 2.45) is 5.14 Å². The second kappa shape index (κ2) is 9.72. The summed E-state index contributed by atoms with van der Waals surface area (Å²) >= 11 is 0. The zero-order valence-corrected chi connectivity index (χ0v) is 19.2. The lowest BCUT2D eigenvalue weighted by Crippen LogP contribution is -2.39. The molecule has 0 saturated carbocycles. The van der Waals surface area contributed by atoms with Crippen molar-refractivity contribution >= 4 is 16.0 Å². The van der Waals surface area contributed by atoms with Gasteiger partial charge in [-0.2, -0.15) is 0 Å². The summed E-state index contributed by atoms with van der Waals surface area (Å²) < 4.78 is 29.3. The topological polar surface area (TPSA) is 131 Å². The minimum absolute atomic E-state index is 0.0154. The summed E-state index contributed by atoms with van der Waals surface area (Å²) in [5.74, 6) is 1.18. The van der Waals surface area contributed by atoms with Crippen LogP contribution in [0, 0.1) is 0 Å². The van der Waals surface area contributed by atoms with Crippen molar-refractivity contribution in [1.29, 1.82) is 0 Å². The molecule has 4 rings (SSSR count). The van der Waals surface area contributed by atoms with Gasteiger partial charge in [0.2, 0.25) is 16.0 Å². The molecule has 1 aliphatic rings. The quantitative estimate of drug-likeness (QED) is 0.543. The molecule has 33 heavy (non-hydrogen) atoms. The fourth-order valence-corrected chi connectivity index (χ4v) is 4.44. The van der Waals surface area contributed by atoms with Crippen molar-refractivity contribution in [3.05, 3.63) is 64.8 Å². The third-order valence-corrected chi connectivity index (χ3v) is 6.57. The van der Waals surface area contributed by atoms with Crippen LogP contribution in [0.4, 0.5) is 5.95 Å². The molecule has 3 N–H and O–H groups in total. The highest BCUT2D eigenvalue weighted by Crippen LogP contribution is 2.29. The number of ether oxygens (including phenoxy) is 1. The molecule has 0 aliphatic carbocycles. The zero-order chi connectivity index (χ0) is 23.4. The van der Waals surface area contributed by atoms with Crippen LogP contribution >= 0.6 is 0 Å². The molecule has 1 aliphatic heterocycles. The van der Waals surface area contributed by atoms with E-state index in [0.29, 0.717) is 16.9 Å². The van der Waals surface area contributed by atoms with E-state index in [1.807, 2.05) is 12.4 Å². The predicted octanol–water partition coefficient (Wildman–Crippen LogP) is 2.48. The molecule has 174 valence electrons. The second-order valence-corrected chi connectivity index (χ2v) is 9.62. The van der Waals surface area contributed by atoms with Crippen LogP contribution in [0.1, 0.15) is 31.7 Å². The number of nitrogens with two attached hydrogens (primary N) is 1. The monoisotopic (exact) mass is 469 g/mol. The van der Waals surface area contributed by atoms with Gasteiger partial charge in [0.1, 0.15) is 11.9 Å². The van der Waals surface area contributed by atoms with Gasteiger partial charge in [0.25, 0.3) is 5.56 Å². The number of sulfonamides is 1. The molecule has 0 bridgehead atoms. The number of piperidine rings is 1. The number of nitrogens with one attached hydrogen (secondary N) is 1. The first-order valence-corrected chi connectivity index (χ1v) is 12.5. The van der Waals surface area contributed by atoms with Crippen LogP contribution in [0.15, 0.2) is 58.6 Å². The van der Waals surface area contributed by atoms with Gasteiger partial charge in [-0.3, -0.25) is 4.79 Å². The van der Waals surface area contributed by atoms with Gasteiger partial charge in [-0.15, -0.1) is 0 Å². The number of hydrogen-bond acceptors (Lipinski definition) is 7. The Hall–Kier alpha value is -3.24. The Labute approximate surface area is 192 Å². The van der Waals surface area contributed by atoms with E-state index >= 15 is 0 Å². The molecule has 1 fully saturated rings.